The van der Waals surface area contributed by atoms with Crippen LogP contribution in [-0.4, -0.2) is 11.3 Å². The van der Waals surface area contributed by atoms with Crippen LogP contribution < -0.4 is 0 Å². The lowest BCUT2D eigenvalue weighted by Crippen LogP contribution is -2.07. The Balaban J connectivity index is 2.77. The number of halogens is 1. The van der Waals surface area contributed by atoms with Gasteiger partial charge >= 0.3 is 0 Å². The largest absolute Gasteiger partial charge is 0.368 e. The van der Waals surface area contributed by atoms with Gasteiger partial charge in [0.15, 0.2) is 6.23 Å². The minimum absolute atomic E-state index is 0.00695. The molecule has 1 atom stereocenters. The Bertz CT molecular complexity index is 355. The fourth-order valence-electron chi connectivity index (χ4n) is 1.05. The van der Waals surface area contributed by atoms with Crippen molar-refractivity contribution in [3.63, 3.8) is 0 Å². The second kappa shape index (κ2) is 4.90. The number of aliphatic hydroxyl groups is 1. The maximum Gasteiger partial charge on any atom is 0.170 e. The number of nitrogens with zero attached hydrogens (tertiary/aromatic N) is 1. The zero-order valence-electron chi connectivity index (χ0n) is 9.24. The van der Waals surface area contributed by atoms with E-state index in [4.69, 9.17) is 0 Å². The lowest BCUT2D eigenvalue weighted by atomic mass is 9.99. The first-order valence-corrected chi connectivity index (χ1v) is 5.66. The van der Waals surface area contributed by atoms with Gasteiger partial charge < -0.3 is 5.11 Å². The SMILES string of the molecule is CC(C)(C)C=NC(O)c1cccc(Br)c1. The van der Waals surface area contributed by atoms with Crippen LogP contribution in [0.5, 0.6) is 0 Å². The number of hydrogen-bond donors (Lipinski definition) is 1. The van der Waals surface area contributed by atoms with E-state index in [1.54, 1.807) is 6.21 Å². The molecule has 15 heavy (non-hydrogen) atoms. The summed E-state index contributed by atoms with van der Waals surface area (Å²) in [5.74, 6) is 0. The van der Waals surface area contributed by atoms with E-state index < -0.39 is 6.23 Å². The van der Waals surface area contributed by atoms with Gasteiger partial charge in [0.25, 0.3) is 0 Å². The van der Waals surface area contributed by atoms with Crippen LogP contribution in [0, 0.1) is 5.41 Å². The van der Waals surface area contributed by atoms with E-state index in [1.165, 1.54) is 0 Å². The van der Waals surface area contributed by atoms with Crippen molar-refractivity contribution in [2.75, 3.05) is 0 Å². The normalized spacial score (nSPS) is 14.5. The van der Waals surface area contributed by atoms with Crippen LogP contribution in [0.1, 0.15) is 32.6 Å². The van der Waals surface area contributed by atoms with Gasteiger partial charge in [-0.25, -0.2) is 0 Å². The summed E-state index contributed by atoms with van der Waals surface area (Å²) in [5, 5.41) is 9.79. The van der Waals surface area contributed by atoms with E-state index in [-0.39, 0.29) is 5.41 Å². The fraction of sp³-hybridized carbons (Fsp3) is 0.417. The Kier molecular flexibility index (Phi) is 4.05. The smallest absolute Gasteiger partial charge is 0.170 e. The molecule has 1 unspecified atom stereocenters. The predicted octanol–water partition coefficient (Wildman–Crippen LogP) is 3.56. The third-order valence-electron chi connectivity index (χ3n) is 1.75. The second-order valence-corrected chi connectivity index (χ2v) is 5.49. The third kappa shape index (κ3) is 4.58. The Morgan fingerprint density at radius 3 is 2.60 bits per heavy atom. The molecule has 0 bridgehead atoms. The van der Waals surface area contributed by atoms with Crippen LogP contribution in [0.2, 0.25) is 0 Å². The molecule has 1 N–H and O–H groups in total. The highest BCUT2D eigenvalue weighted by Gasteiger charge is 2.09. The van der Waals surface area contributed by atoms with Crippen molar-refractivity contribution < 1.29 is 5.11 Å². The summed E-state index contributed by atoms with van der Waals surface area (Å²) in [6, 6.07) is 7.53. The molecule has 0 saturated carbocycles. The van der Waals surface area contributed by atoms with Crippen molar-refractivity contribution in [2.45, 2.75) is 27.0 Å². The summed E-state index contributed by atoms with van der Waals surface area (Å²) < 4.78 is 0.949. The Labute approximate surface area is 99.2 Å². The van der Waals surface area contributed by atoms with Crippen LogP contribution in [0.25, 0.3) is 0 Å². The number of rotatable bonds is 2. The molecule has 2 nitrogen and oxygen atoms in total. The molecule has 0 spiro atoms. The molecule has 0 aliphatic rings. The molecule has 1 aromatic rings. The summed E-state index contributed by atoms with van der Waals surface area (Å²) in [5.41, 5.74) is 0.789. The maximum absolute atomic E-state index is 9.79. The molecule has 0 aromatic heterocycles. The van der Waals surface area contributed by atoms with Crippen LogP contribution >= 0.6 is 15.9 Å². The van der Waals surface area contributed by atoms with Crippen LogP contribution in [0.3, 0.4) is 0 Å². The highest BCUT2D eigenvalue weighted by molar-refractivity contribution is 9.10. The van der Waals surface area contributed by atoms with E-state index in [1.807, 2.05) is 45.0 Å². The van der Waals surface area contributed by atoms with E-state index >= 15 is 0 Å². The van der Waals surface area contributed by atoms with Crippen LogP contribution in [0.4, 0.5) is 0 Å². The van der Waals surface area contributed by atoms with Crippen LogP contribution in [0.15, 0.2) is 33.7 Å². The molecule has 0 fully saturated rings. The standard InChI is InChI=1S/C12H16BrNO/c1-12(2,3)8-14-11(15)9-5-4-6-10(13)7-9/h4-8,11,15H,1-3H3. The average molecular weight is 270 g/mol. The zero-order valence-corrected chi connectivity index (χ0v) is 10.8. The molecule has 0 heterocycles. The van der Waals surface area contributed by atoms with Gasteiger partial charge in [0, 0.05) is 16.3 Å². The molecule has 0 aliphatic carbocycles. The van der Waals surface area contributed by atoms with Gasteiger partial charge in [0.2, 0.25) is 0 Å². The summed E-state index contributed by atoms with van der Waals surface area (Å²) in [6.07, 6.45) is 1.00. The van der Waals surface area contributed by atoms with Crippen molar-refractivity contribution in [2.24, 2.45) is 10.4 Å². The minimum Gasteiger partial charge on any atom is -0.368 e. The molecule has 0 saturated heterocycles. The minimum atomic E-state index is -0.776. The zero-order chi connectivity index (χ0) is 11.5. The predicted molar refractivity (Wildman–Crippen MR) is 67.0 cm³/mol. The molecule has 1 aromatic carbocycles. The summed E-state index contributed by atoms with van der Waals surface area (Å²) in [6.45, 7) is 6.14. The van der Waals surface area contributed by atoms with Gasteiger partial charge in [0.05, 0.1) is 0 Å². The maximum atomic E-state index is 9.79. The number of aliphatic imine (C=N–C) groups is 1. The molecular weight excluding hydrogens is 254 g/mol. The average Bonchev–Trinajstić information content (AvgIpc) is 2.13. The summed E-state index contributed by atoms with van der Waals surface area (Å²) in [4.78, 5) is 4.12. The van der Waals surface area contributed by atoms with E-state index in [0.717, 1.165) is 10.0 Å². The van der Waals surface area contributed by atoms with Gasteiger partial charge in [-0.3, -0.25) is 4.99 Å². The number of hydrogen-bond acceptors (Lipinski definition) is 2. The molecule has 0 aliphatic heterocycles. The van der Waals surface area contributed by atoms with Gasteiger partial charge in [-0.05, 0) is 17.5 Å². The second-order valence-electron chi connectivity index (χ2n) is 4.57. The molecule has 82 valence electrons. The summed E-state index contributed by atoms with van der Waals surface area (Å²) in [7, 11) is 0. The summed E-state index contributed by atoms with van der Waals surface area (Å²) >= 11 is 3.36. The fourth-order valence-corrected chi connectivity index (χ4v) is 1.46. The number of aliphatic hydroxyl groups excluding tert-OH is 1. The third-order valence-corrected chi connectivity index (χ3v) is 2.24. The molecule has 1 rings (SSSR count). The molecule has 0 radical (unpaired) electrons. The Morgan fingerprint density at radius 1 is 1.40 bits per heavy atom. The molecule has 0 amide bonds. The van der Waals surface area contributed by atoms with E-state index in [0.29, 0.717) is 0 Å². The van der Waals surface area contributed by atoms with Crippen molar-refractivity contribution in [1.82, 2.24) is 0 Å². The molecular formula is C12H16BrNO. The van der Waals surface area contributed by atoms with Gasteiger partial charge in [-0.1, -0.05) is 48.8 Å². The lowest BCUT2D eigenvalue weighted by molar-refractivity contribution is 0.188. The van der Waals surface area contributed by atoms with E-state index in [2.05, 4.69) is 20.9 Å². The monoisotopic (exact) mass is 269 g/mol. The first-order chi connectivity index (χ1) is 6.88. The Morgan fingerprint density at radius 2 is 2.07 bits per heavy atom. The quantitative estimate of drug-likeness (QED) is 0.819. The van der Waals surface area contributed by atoms with Gasteiger partial charge in [-0.2, -0.15) is 0 Å². The van der Waals surface area contributed by atoms with Gasteiger partial charge in [0.1, 0.15) is 0 Å². The first-order valence-electron chi connectivity index (χ1n) is 4.86. The van der Waals surface area contributed by atoms with Crippen LogP contribution in [-0.2, 0) is 0 Å². The van der Waals surface area contributed by atoms with Crippen molar-refractivity contribution >= 4 is 22.1 Å². The lowest BCUT2D eigenvalue weighted by Gasteiger charge is -2.12. The van der Waals surface area contributed by atoms with Gasteiger partial charge in [-0.15, -0.1) is 0 Å². The van der Waals surface area contributed by atoms with Crippen molar-refractivity contribution in [1.29, 1.82) is 0 Å². The topological polar surface area (TPSA) is 32.6 Å². The van der Waals surface area contributed by atoms with E-state index in [9.17, 15) is 5.11 Å². The highest BCUT2D eigenvalue weighted by atomic mass is 79.9. The van der Waals surface area contributed by atoms with Crippen molar-refractivity contribution in [3.8, 4) is 0 Å². The molecule has 3 heteroatoms. The Hall–Kier alpha value is -0.670. The first kappa shape index (κ1) is 12.4. The van der Waals surface area contributed by atoms with Crippen molar-refractivity contribution in [3.05, 3.63) is 34.3 Å². The highest BCUT2D eigenvalue weighted by Crippen LogP contribution is 2.20. The number of benzene rings is 1.